The lowest BCUT2D eigenvalue weighted by Gasteiger charge is -2.40. The van der Waals surface area contributed by atoms with E-state index in [2.05, 4.69) is 12.2 Å². The lowest BCUT2D eigenvalue weighted by Crippen LogP contribution is -2.54. The number of aliphatic hydroxyl groups is 1. The summed E-state index contributed by atoms with van der Waals surface area (Å²) in [5, 5.41) is 13.3. The molecule has 0 bridgehead atoms. The molecular formula is C14H27NO2. The molecule has 17 heavy (non-hydrogen) atoms. The van der Waals surface area contributed by atoms with Crippen LogP contribution in [-0.4, -0.2) is 36.5 Å². The first kappa shape index (κ1) is 13.3. The van der Waals surface area contributed by atoms with Gasteiger partial charge in [0.2, 0.25) is 0 Å². The Bertz CT molecular complexity index is 222. The van der Waals surface area contributed by atoms with Crippen LogP contribution < -0.4 is 5.32 Å². The SMILES string of the molecule is CC(CO)(NCC1CCCO1)C1CCCCC1. The lowest BCUT2D eigenvalue weighted by molar-refractivity contribution is 0.0625. The zero-order valence-electron chi connectivity index (χ0n) is 11.1. The van der Waals surface area contributed by atoms with Crippen LogP contribution in [-0.2, 0) is 4.74 Å². The molecule has 1 saturated heterocycles. The lowest BCUT2D eigenvalue weighted by atomic mass is 9.76. The highest BCUT2D eigenvalue weighted by Gasteiger charge is 2.34. The quantitative estimate of drug-likeness (QED) is 0.774. The summed E-state index contributed by atoms with van der Waals surface area (Å²) in [6, 6.07) is 0. The number of nitrogens with one attached hydrogen (secondary N) is 1. The van der Waals surface area contributed by atoms with E-state index >= 15 is 0 Å². The van der Waals surface area contributed by atoms with Crippen molar-refractivity contribution in [2.45, 2.75) is 63.5 Å². The van der Waals surface area contributed by atoms with Crippen LogP contribution >= 0.6 is 0 Å². The second-order valence-electron chi connectivity index (χ2n) is 5.93. The third-order valence-corrected chi connectivity index (χ3v) is 4.59. The molecule has 0 amide bonds. The van der Waals surface area contributed by atoms with Gasteiger partial charge in [-0.05, 0) is 38.5 Å². The molecule has 0 aromatic carbocycles. The minimum absolute atomic E-state index is 0.105. The van der Waals surface area contributed by atoms with Gasteiger partial charge in [0.1, 0.15) is 0 Å². The van der Waals surface area contributed by atoms with Gasteiger partial charge in [0.25, 0.3) is 0 Å². The fraction of sp³-hybridized carbons (Fsp3) is 1.00. The standard InChI is InChI=1S/C14H27NO2/c1-14(11-16,12-6-3-2-4-7-12)15-10-13-8-5-9-17-13/h12-13,15-16H,2-11H2,1H3. The zero-order valence-corrected chi connectivity index (χ0v) is 11.1. The smallest absolute Gasteiger partial charge is 0.0700 e. The van der Waals surface area contributed by atoms with Crippen molar-refractivity contribution < 1.29 is 9.84 Å². The number of hydrogen-bond acceptors (Lipinski definition) is 3. The maximum Gasteiger partial charge on any atom is 0.0700 e. The van der Waals surface area contributed by atoms with Gasteiger partial charge in [-0.25, -0.2) is 0 Å². The Morgan fingerprint density at radius 2 is 1.94 bits per heavy atom. The minimum atomic E-state index is -0.105. The van der Waals surface area contributed by atoms with Crippen molar-refractivity contribution in [1.29, 1.82) is 0 Å². The topological polar surface area (TPSA) is 41.5 Å². The van der Waals surface area contributed by atoms with Crippen molar-refractivity contribution in [3.63, 3.8) is 0 Å². The average molecular weight is 241 g/mol. The monoisotopic (exact) mass is 241 g/mol. The van der Waals surface area contributed by atoms with E-state index in [9.17, 15) is 5.11 Å². The minimum Gasteiger partial charge on any atom is -0.394 e. The molecule has 2 fully saturated rings. The fourth-order valence-electron chi connectivity index (χ4n) is 3.22. The van der Waals surface area contributed by atoms with Crippen molar-refractivity contribution in [2.24, 2.45) is 5.92 Å². The Labute approximate surface area is 105 Å². The molecule has 0 aromatic heterocycles. The van der Waals surface area contributed by atoms with E-state index in [1.54, 1.807) is 0 Å². The van der Waals surface area contributed by atoms with Crippen molar-refractivity contribution >= 4 is 0 Å². The van der Waals surface area contributed by atoms with Gasteiger partial charge >= 0.3 is 0 Å². The highest BCUT2D eigenvalue weighted by atomic mass is 16.5. The molecule has 1 aliphatic carbocycles. The number of aliphatic hydroxyl groups excluding tert-OH is 1. The molecule has 0 aromatic rings. The van der Waals surface area contributed by atoms with E-state index < -0.39 is 0 Å². The maximum atomic E-state index is 9.71. The van der Waals surface area contributed by atoms with Crippen LogP contribution in [0.3, 0.4) is 0 Å². The van der Waals surface area contributed by atoms with Gasteiger partial charge in [0.05, 0.1) is 12.7 Å². The second-order valence-corrected chi connectivity index (χ2v) is 5.93. The Hall–Kier alpha value is -0.120. The molecule has 1 saturated carbocycles. The van der Waals surface area contributed by atoms with Gasteiger partial charge in [0.15, 0.2) is 0 Å². The van der Waals surface area contributed by atoms with Crippen LogP contribution in [0.15, 0.2) is 0 Å². The summed E-state index contributed by atoms with van der Waals surface area (Å²) >= 11 is 0. The number of rotatable bonds is 5. The maximum absolute atomic E-state index is 9.71. The summed E-state index contributed by atoms with van der Waals surface area (Å²) in [5.74, 6) is 0.627. The van der Waals surface area contributed by atoms with E-state index in [0.29, 0.717) is 12.0 Å². The normalized spacial score (nSPS) is 30.4. The summed E-state index contributed by atoms with van der Waals surface area (Å²) in [4.78, 5) is 0. The molecule has 0 spiro atoms. The molecule has 2 unspecified atom stereocenters. The summed E-state index contributed by atoms with van der Waals surface area (Å²) in [5.41, 5.74) is -0.105. The molecular weight excluding hydrogens is 214 g/mol. The molecule has 100 valence electrons. The van der Waals surface area contributed by atoms with E-state index in [-0.39, 0.29) is 12.1 Å². The van der Waals surface area contributed by atoms with Gasteiger partial charge in [-0.1, -0.05) is 19.3 Å². The van der Waals surface area contributed by atoms with Gasteiger partial charge < -0.3 is 15.2 Å². The fourth-order valence-corrected chi connectivity index (χ4v) is 3.22. The molecule has 2 N–H and O–H groups in total. The van der Waals surface area contributed by atoms with Gasteiger partial charge in [0, 0.05) is 18.7 Å². The van der Waals surface area contributed by atoms with Crippen molar-refractivity contribution in [1.82, 2.24) is 5.32 Å². The molecule has 1 aliphatic heterocycles. The summed E-state index contributed by atoms with van der Waals surface area (Å²) in [6.07, 6.45) is 9.24. The Morgan fingerprint density at radius 3 is 2.53 bits per heavy atom. The number of ether oxygens (including phenoxy) is 1. The van der Waals surface area contributed by atoms with E-state index in [1.165, 1.54) is 44.9 Å². The average Bonchev–Trinajstić information content (AvgIpc) is 2.90. The first-order valence-corrected chi connectivity index (χ1v) is 7.22. The number of hydrogen-bond donors (Lipinski definition) is 2. The second kappa shape index (κ2) is 6.17. The van der Waals surface area contributed by atoms with E-state index in [1.807, 2.05) is 0 Å². The highest BCUT2D eigenvalue weighted by Crippen LogP contribution is 2.32. The van der Waals surface area contributed by atoms with Crippen LogP contribution in [0.1, 0.15) is 51.9 Å². The Balaban J connectivity index is 1.83. The van der Waals surface area contributed by atoms with Gasteiger partial charge in [-0.15, -0.1) is 0 Å². The zero-order chi connectivity index (χ0) is 12.1. The first-order valence-electron chi connectivity index (χ1n) is 7.22. The largest absolute Gasteiger partial charge is 0.394 e. The third kappa shape index (κ3) is 3.43. The van der Waals surface area contributed by atoms with E-state index in [0.717, 1.165) is 13.2 Å². The van der Waals surface area contributed by atoms with Crippen LogP contribution in [0, 0.1) is 5.92 Å². The predicted octanol–water partition coefficient (Wildman–Crippen LogP) is 2.09. The van der Waals surface area contributed by atoms with Gasteiger partial charge in [-0.3, -0.25) is 0 Å². The molecule has 2 atom stereocenters. The van der Waals surface area contributed by atoms with Gasteiger partial charge in [-0.2, -0.15) is 0 Å². The molecule has 1 heterocycles. The Morgan fingerprint density at radius 1 is 1.18 bits per heavy atom. The van der Waals surface area contributed by atoms with Crippen molar-refractivity contribution in [3.8, 4) is 0 Å². The highest BCUT2D eigenvalue weighted by molar-refractivity contribution is 4.92. The Kier molecular flexibility index (Phi) is 4.83. The van der Waals surface area contributed by atoms with E-state index in [4.69, 9.17) is 4.74 Å². The molecule has 2 rings (SSSR count). The van der Waals surface area contributed by atoms with Crippen LogP contribution in [0.25, 0.3) is 0 Å². The molecule has 2 aliphatic rings. The van der Waals surface area contributed by atoms with Crippen LogP contribution in [0.2, 0.25) is 0 Å². The molecule has 3 nitrogen and oxygen atoms in total. The third-order valence-electron chi connectivity index (χ3n) is 4.59. The van der Waals surface area contributed by atoms with Crippen LogP contribution in [0.4, 0.5) is 0 Å². The van der Waals surface area contributed by atoms with Crippen molar-refractivity contribution in [3.05, 3.63) is 0 Å². The first-order chi connectivity index (χ1) is 8.24. The summed E-state index contributed by atoms with van der Waals surface area (Å²) in [7, 11) is 0. The summed E-state index contributed by atoms with van der Waals surface area (Å²) < 4.78 is 5.64. The van der Waals surface area contributed by atoms with Crippen molar-refractivity contribution in [2.75, 3.05) is 19.8 Å². The summed E-state index contributed by atoms with van der Waals surface area (Å²) in [6.45, 7) is 4.22. The molecule has 3 heteroatoms. The molecule has 0 radical (unpaired) electrons. The predicted molar refractivity (Wildman–Crippen MR) is 69.0 cm³/mol. The van der Waals surface area contributed by atoms with Crippen LogP contribution in [0.5, 0.6) is 0 Å².